The van der Waals surface area contributed by atoms with Gasteiger partial charge in [0.1, 0.15) is 0 Å². The first-order valence-electron chi connectivity index (χ1n) is 3.77. The van der Waals surface area contributed by atoms with E-state index in [4.69, 9.17) is 0 Å². The molecule has 1 heterocycles. The van der Waals surface area contributed by atoms with Gasteiger partial charge in [0.2, 0.25) is 0 Å². The van der Waals surface area contributed by atoms with Gasteiger partial charge in [-0.25, -0.2) is 0 Å². The van der Waals surface area contributed by atoms with E-state index >= 15 is 0 Å². The van der Waals surface area contributed by atoms with Crippen LogP contribution in [0, 0.1) is 11.3 Å². The number of hydrogen-bond acceptors (Lipinski definition) is 1. The molecule has 1 atom stereocenters. The molecule has 0 radical (unpaired) electrons. The maximum Gasteiger partial charge on any atom is 0.0154 e. The Morgan fingerprint density at radius 2 is 2.00 bits per heavy atom. The van der Waals surface area contributed by atoms with E-state index in [2.05, 4.69) is 33.0 Å². The predicted molar refractivity (Wildman–Crippen MR) is 40.4 cm³/mol. The van der Waals surface area contributed by atoms with Crippen molar-refractivity contribution in [1.82, 2.24) is 5.32 Å². The maximum absolute atomic E-state index is 3.44. The minimum atomic E-state index is 0.550. The number of rotatable bonds is 1. The zero-order chi connectivity index (χ0) is 7.07. The Morgan fingerprint density at radius 3 is 2.00 bits per heavy atom. The van der Waals surface area contributed by atoms with Crippen LogP contribution < -0.4 is 5.32 Å². The van der Waals surface area contributed by atoms with E-state index in [1.807, 2.05) is 0 Å². The highest BCUT2D eigenvalue weighted by Gasteiger charge is 2.39. The summed E-state index contributed by atoms with van der Waals surface area (Å²) in [5, 5.41) is 3.44. The van der Waals surface area contributed by atoms with E-state index in [0.717, 1.165) is 12.0 Å². The molecule has 54 valence electrons. The van der Waals surface area contributed by atoms with E-state index in [1.54, 1.807) is 0 Å². The topological polar surface area (TPSA) is 12.0 Å². The van der Waals surface area contributed by atoms with Crippen LogP contribution in [0.2, 0.25) is 0 Å². The minimum Gasteiger partial charge on any atom is -0.313 e. The molecule has 0 amide bonds. The molecule has 0 spiro atoms. The van der Waals surface area contributed by atoms with Crippen molar-refractivity contribution in [3.05, 3.63) is 0 Å². The second-order valence-electron chi connectivity index (χ2n) is 4.09. The van der Waals surface area contributed by atoms with Crippen molar-refractivity contribution in [2.24, 2.45) is 11.3 Å². The van der Waals surface area contributed by atoms with Crippen LogP contribution in [0.25, 0.3) is 0 Å². The highest BCUT2D eigenvalue weighted by atomic mass is 15.0. The molecule has 1 aliphatic heterocycles. The first-order chi connectivity index (χ1) is 4.04. The normalized spacial score (nSPS) is 32.3. The molecule has 0 bridgehead atoms. The van der Waals surface area contributed by atoms with Gasteiger partial charge in [0, 0.05) is 12.6 Å². The third-order valence-electron chi connectivity index (χ3n) is 2.29. The van der Waals surface area contributed by atoms with Gasteiger partial charge in [-0.3, -0.25) is 0 Å². The van der Waals surface area contributed by atoms with Crippen LogP contribution in [0.4, 0.5) is 0 Å². The molecule has 0 aromatic heterocycles. The molecular weight excluding hydrogens is 110 g/mol. The lowest BCUT2D eigenvalue weighted by Crippen LogP contribution is -2.61. The Labute approximate surface area is 57.8 Å². The lowest BCUT2D eigenvalue weighted by molar-refractivity contribution is 0.0884. The summed E-state index contributed by atoms with van der Waals surface area (Å²) in [7, 11) is 0. The summed E-state index contributed by atoms with van der Waals surface area (Å²) >= 11 is 0. The van der Waals surface area contributed by atoms with Gasteiger partial charge in [-0.2, -0.15) is 0 Å². The van der Waals surface area contributed by atoms with Crippen LogP contribution in [-0.2, 0) is 0 Å². The van der Waals surface area contributed by atoms with Gasteiger partial charge in [-0.15, -0.1) is 0 Å². The second-order valence-corrected chi connectivity index (χ2v) is 4.09. The Balaban J connectivity index is 2.45. The highest BCUT2D eigenvalue weighted by molar-refractivity contribution is 4.96. The van der Waals surface area contributed by atoms with Crippen molar-refractivity contribution in [3.8, 4) is 0 Å². The average molecular weight is 127 g/mol. The van der Waals surface area contributed by atoms with Crippen molar-refractivity contribution in [2.45, 2.75) is 33.7 Å². The largest absolute Gasteiger partial charge is 0.313 e. The molecule has 0 aliphatic carbocycles. The molecule has 1 saturated heterocycles. The van der Waals surface area contributed by atoms with E-state index in [0.29, 0.717) is 5.41 Å². The molecule has 1 nitrogen and oxygen atoms in total. The van der Waals surface area contributed by atoms with Gasteiger partial charge in [-0.05, 0) is 11.3 Å². The number of nitrogens with one attached hydrogen (secondary N) is 1. The Kier molecular flexibility index (Phi) is 1.55. The van der Waals surface area contributed by atoms with Crippen LogP contribution in [0.1, 0.15) is 27.7 Å². The van der Waals surface area contributed by atoms with Gasteiger partial charge >= 0.3 is 0 Å². The summed E-state index contributed by atoms with van der Waals surface area (Å²) in [5.41, 5.74) is 0.550. The summed E-state index contributed by atoms with van der Waals surface area (Å²) in [6.07, 6.45) is 0. The summed E-state index contributed by atoms with van der Waals surface area (Å²) in [4.78, 5) is 0. The quantitative estimate of drug-likeness (QED) is 0.564. The van der Waals surface area contributed by atoms with Crippen molar-refractivity contribution in [2.75, 3.05) is 6.54 Å². The third-order valence-corrected chi connectivity index (χ3v) is 2.29. The van der Waals surface area contributed by atoms with E-state index < -0.39 is 0 Å². The van der Waals surface area contributed by atoms with Crippen LogP contribution in [-0.4, -0.2) is 12.6 Å². The fourth-order valence-corrected chi connectivity index (χ4v) is 1.77. The summed E-state index contributed by atoms with van der Waals surface area (Å²) in [6.45, 7) is 10.4. The van der Waals surface area contributed by atoms with Gasteiger partial charge in [-0.1, -0.05) is 27.7 Å². The Hall–Kier alpha value is -0.0400. The summed E-state index contributed by atoms with van der Waals surface area (Å²) in [5.74, 6) is 0.786. The van der Waals surface area contributed by atoms with E-state index in [1.165, 1.54) is 6.54 Å². The number of hydrogen-bond donors (Lipinski definition) is 1. The molecule has 1 fully saturated rings. The van der Waals surface area contributed by atoms with Crippen molar-refractivity contribution in [3.63, 3.8) is 0 Å². The van der Waals surface area contributed by atoms with Crippen molar-refractivity contribution < 1.29 is 0 Å². The molecule has 9 heavy (non-hydrogen) atoms. The van der Waals surface area contributed by atoms with E-state index in [-0.39, 0.29) is 0 Å². The third kappa shape index (κ3) is 1.11. The van der Waals surface area contributed by atoms with Crippen molar-refractivity contribution >= 4 is 0 Å². The molecule has 1 aliphatic rings. The maximum atomic E-state index is 3.44. The molecule has 0 aromatic carbocycles. The Bertz CT molecular complexity index is 105. The molecular formula is C8H17N. The van der Waals surface area contributed by atoms with E-state index in [9.17, 15) is 0 Å². The van der Waals surface area contributed by atoms with Gasteiger partial charge in [0.15, 0.2) is 0 Å². The molecule has 1 N–H and O–H groups in total. The van der Waals surface area contributed by atoms with Gasteiger partial charge < -0.3 is 5.32 Å². The molecule has 1 heteroatoms. The molecule has 1 rings (SSSR count). The lowest BCUT2D eigenvalue weighted by atomic mass is 9.72. The zero-order valence-corrected chi connectivity index (χ0v) is 6.86. The lowest BCUT2D eigenvalue weighted by Gasteiger charge is -2.48. The van der Waals surface area contributed by atoms with Crippen LogP contribution >= 0.6 is 0 Å². The summed E-state index contributed by atoms with van der Waals surface area (Å²) in [6, 6.07) is 0.748. The minimum absolute atomic E-state index is 0.550. The monoisotopic (exact) mass is 127 g/mol. The fraction of sp³-hybridized carbons (Fsp3) is 1.00. The SMILES string of the molecule is CC(C)[C@H]1NCC1(C)C. The highest BCUT2D eigenvalue weighted by Crippen LogP contribution is 2.32. The average Bonchev–Trinajstić information content (AvgIpc) is 1.62. The molecule has 0 unspecified atom stereocenters. The van der Waals surface area contributed by atoms with Crippen LogP contribution in [0.3, 0.4) is 0 Å². The predicted octanol–water partition coefficient (Wildman–Crippen LogP) is 1.64. The Morgan fingerprint density at radius 1 is 1.44 bits per heavy atom. The fourth-order valence-electron chi connectivity index (χ4n) is 1.77. The standard InChI is InChI=1S/C8H17N/c1-6(2)7-8(3,4)5-9-7/h6-7,9H,5H2,1-4H3/t7-/m1/s1. The van der Waals surface area contributed by atoms with Crippen molar-refractivity contribution in [1.29, 1.82) is 0 Å². The first-order valence-corrected chi connectivity index (χ1v) is 3.77. The summed E-state index contributed by atoms with van der Waals surface area (Å²) < 4.78 is 0. The van der Waals surface area contributed by atoms with Gasteiger partial charge in [0.25, 0.3) is 0 Å². The van der Waals surface area contributed by atoms with Gasteiger partial charge in [0.05, 0.1) is 0 Å². The molecule has 0 aromatic rings. The second kappa shape index (κ2) is 1.98. The molecule has 0 saturated carbocycles. The van der Waals surface area contributed by atoms with Crippen LogP contribution in [0.15, 0.2) is 0 Å². The first kappa shape index (κ1) is 7.07. The smallest absolute Gasteiger partial charge is 0.0154 e. The zero-order valence-electron chi connectivity index (χ0n) is 6.86. The van der Waals surface area contributed by atoms with Crippen LogP contribution in [0.5, 0.6) is 0 Å².